The number of hydrogen-bond donors (Lipinski definition) is 1. The smallest absolute Gasteiger partial charge is 0.273 e. The Balaban J connectivity index is 2.71. The van der Waals surface area contributed by atoms with Gasteiger partial charge < -0.3 is 5.32 Å². The lowest BCUT2D eigenvalue weighted by Crippen LogP contribution is -2.25. The highest BCUT2D eigenvalue weighted by Gasteiger charge is 2.15. The maximum absolute atomic E-state index is 13.0. The molecule has 5 nitrogen and oxygen atoms in total. The lowest BCUT2D eigenvalue weighted by atomic mass is 10.1. The number of anilines is 1. The van der Waals surface area contributed by atoms with Gasteiger partial charge in [-0.3, -0.25) is 9.36 Å². The van der Waals surface area contributed by atoms with Crippen molar-refractivity contribution in [3.8, 4) is 17.3 Å². The van der Waals surface area contributed by atoms with E-state index in [0.29, 0.717) is 18.1 Å². The van der Waals surface area contributed by atoms with Gasteiger partial charge in [-0.25, -0.2) is 9.37 Å². The zero-order chi connectivity index (χ0) is 14.7. The number of halogens is 1. The second-order valence-electron chi connectivity index (χ2n) is 4.17. The van der Waals surface area contributed by atoms with E-state index < -0.39 is 5.56 Å². The molecule has 0 aliphatic rings. The maximum atomic E-state index is 13.0. The van der Waals surface area contributed by atoms with Gasteiger partial charge in [-0.15, -0.1) is 0 Å². The van der Waals surface area contributed by atoms with E-state index in [0.717, 1.165) is 0 Å². The van der Waals surface area contributed by atoms with Crippen molar-refractivity contribution in [3.05, 3.63) is 46.0 Å². The summed E-state index contributed by atoms with van der Waals surface area (Å²) in [5, 5.41) is 12.1. The van der Waals surface area contributed by atoms with Crippen LogP contribution in [0.5, 0.6) is 0 Å². The van der Waals surface area contributed by atoms with E-state index in [1.807, 2.05) is 13.0 Å². The predicted octanol–water partition coefficient (Wildman–Crippen LogP) is 1.89. The molecule has 1 aromatic heterocycles. The molecule has 0 saturated heterocycles. The van der Waals surface area contributed by atoms with E-state index in [9.17, 15) is 9.18 Å². The van der Waals surface area contributed by atoms with Gasteiger partial charge in [-0.2, -0.15) is 5.26 Å². The summed E-state index contributed by atoms with van der Waals surface area (Å²) in [6, 6.07) is 7.39. The van der Waals surface area contributed by atoms with Crippen LogP contribution >= 0.6 is 0 Å². The van der Waals surface area contributed by atoms with Gasteiger partial charge in [0.1, 0.15) is 17.4 Å². The standard InChI is InChI=1S/C14H13FN4O/c1-3-17-14-18-12(9-4-6-10(15)7-5-9)11(8-16)13(20)19(14)2/h4-7H,3H2,1-2H3,(H,17,18). The number of nitrogens with one attached hydrogen (secondary N) is 1. The summed E-state index contributed by atoms with van der Waals surface area (Å²) in [5.41, 5.74) is 0.296. The molecular formula is C14H13FN4O. The van der Waals surface area contributed by atoms with E-state index in [-0.39, 0.29) is 17.1 Å². The van der Waals surface area contributed by atoms with Crippen LogP contribution in [0.2, 0.25) is 0 Å². The Labute approximate surface area is 115 Å². The first kappa shape index (κ1) is 13.7. The number of nitrogens with zero attached hydrogens (tertiary/aromatic N) is 3. The number of hydrogen-bond acceptors (Lipinski definition) is 4. The van der Waals surface area contributed by atoms with Gasteiger partial charge in [0.05, 0.1) is 5.69 Å². The van der Waals surface area contributed by atoms with Crippen molar-refractivity contribution in [2.45, 2.75) is 6.92 Å². The zero-order valence-electron chi connectivity index (χ0n) is 11.1. The molecule has 102 valence electrons. The molecule has 20 heavy (non-hydrogen) atoms. The summed E-state index contributed by atoms with van der Waals surface area (Å²) in [6.45, 7) is 2.47. The first-order valence-electron chi connectivity index (χ1n) is 6.09. The van der Waals surface area contributed by atoms with Crippen LogP contribution in [0.4, 0.5) is 10.3 Å². The van der Waals surface area contributed by atoms with E-state index >= 15 is 0 Å². The molecule has 0 saturated carbocycles. The van der Waals surface area contributed by atoms with Crippen molar-refractivity contribution < 1.29 is 4.39 Å². The van der Waals surface area contributed by atoms with E-state index in [1.165, 1.54) is 28.8 Å². The third-order valence-corrected chi connectivity index (χ3v) is 2.86. The van der Waals surface area contributed by atoms with Crippen LogP contribution in [-0.4, -0.2) is 16.1 Å². The molecule has 0 spiro atoms. The molecule has 0 aliphatic carbocycles. The average molecular weight is 272 g/mol. The molecule has 1 aromatic carbocycles. The molecule has 6 heteroatoms. The highest BCUT2D eigenvalue weighted by molar-refractivity contribution is 5.67. The second-order valence-corrected chi connectivity index (χ2v) is 4.17. The van der Waals surface area contributed by atoms with E-state index in [2.05, 4.69) is 10.3 Å². The van der Waals surface area contributed by atoms with E-state index in [4.69, 9.17) is 5.26 Å². The largest absolute Gasteiger partial charge is 0.356 e. The van der Waals surface area contributed by atoms with Gasteiger partial charge >= 0.3 is 0 Å². The zero-order valence-corrected chi connectivity index (χ0v) is 11.1. The van der Waals surface area contributed by atoms with Crippen molar-refractivity contribution in [3.63, 3.8) is 0 Å². The number of aromatic nitrogens is 2. The SMILES string of the molecule is CCNc1nc(-c2ccc(F)cc2)c(C#N)c(=O)n1C. The van der Waals surface area contributed by atoms with Gasteiger partial charge in [-0.05, 0) is 31.2 Å². The third kappa shape index (κ3) is 2.38. The molecule has 0 amide bonds. The Bertz CT molecular complexity index is 729. The minimum absolute atomic E-state index is 0.0549. The molecule has 0 unspecified atom stereocenters. The Kier molecular flexibility index (Phi) is 3.80. The number of rotatable bonds is 3. The minimum Gasteiger partial charge on any atom is -0.356 e. The highest BCUT2D eigenvalue weighted by Crippen LogP contribution is 2.20. The molecule has 0 atom stereocenters. The third-order valence-electron chi connectivity index (χ3n) is 2.86. The first-order chi connectivity index (χ1) is 9.58. The van der Waals surface area contributed by atoms with Crippen LogP contribution < -0.4 is 10.9 Å². The quantitative estimate of drug-likeness (QED) is 0.926. The fraction of sp³-hybridized carbons (Fsp3) is 0.214. The van der Waals surface area contributed by atoms with Crippen LogP contribution in [0, 0.1) is 17.1 Å². The predicted molar refractivity (Wildman–Crippen MR) is 73.8 cm³/mol. The average Bonchev–Trinajstić information content (AvgIpc) is 2.45. The minimum atomic E-state index is -0.433. The van der Waals surface area contributed by atoms with Crippen molar-refractivity contribution in [2.24, 2.45) is 7.05 Å². The summed E-state index contributed by atoms with van der Waals surface area (Å²) >= 11 is 0. The summed E-state index contributed by atoms with van der Waals surface area (Å²) in [6.07, 6.45) is 0. The van der Waals surface area contributed by atoms with Crippen molar-refractivity contribution >= 4 is 5.95 Å². The summed E-state index contributed by atoms with van der Waals surface area (Å²) in [4.78, 5) is 16.4. The van der Waals surface area contributed by atoms with Gasteiger partial charge in [0.15, 0.2) is 0 Å². The Morgan fingerprint density at radius 3 is 2.60 bits per heavy atom. The van der Waals surface area contributed by atoms with Gasteiger partial charge in [0, 0.05) is 19.2 Å². The van der Waals surface area contributed by atoms with Crippen molar-refractivity contribution in [1.29, 1.82) is 5.26 Å². The molecule has 0 aliphatic heterocycles. The Morgan fingerprint density at radius 1 is 1.40 bits per heavy atom. The highest BCUT2D eigenvalue weighted by atomic mass is 19.1. The monoisotopic (exact) mass is 272 g/mol. The van der Waals surface area contributed by atoms with Gasteiger partial charge in [-0.1, -0.05) is 0 Å². The topological polar surface area (TPSA) is 70.7 Å². The molecule has 1 heterocycles. The van der Waals surface area contributed by atoms with Crippen molar-refractivity contribution in [1.82, 2.24) is 9.55 Å². The molecule has 2 aromatic rings. The van der Waals surface area contributed by atoms with Crippen LogP contribution in [0.3, 0.4) is 0 Å². The number of benzene rings is 1. The summed E-state index contributed by atoms with van der Waals surface area (Å²) < 4.78 is 14.3. The molecule has 1 N–H and O–H groups in total. The van der Waals surface area contributed by atoms with Crippen LogP contribution in [0.1, 0.15) is 12.5 Å². The van der Waals surface area contributed by atoms with Crippen molar-refractivity contribution in [2.75, 3.05) is 11.9 Å². The first-order valence-corrected chi connectivity index (χ1v) is 6.09. The van der Waals surface area contributed by atoms with Gasteiger partial charge in [0.25, 0.3) is 5.56 Å². The fourth-order valence-corrected chi connectivity index (χ4v) is 1.84. The number of nitriles is 1. The Morgan fingerprint density at radius 2 is 2.05 bits per heavy atom. The summed E-state index contributed by atoms with van der Waals surface area (Å²) in [5.74, 6) is -0.0150. The maximum Gasteiger partial charge on any atom is 0.273 e. The normalized spacial score (nSPS) is 10.1. The molecule has 0 bridgehead atoms. The molecule has 2 rings (SSSR count). The van der Waals surface area contributed by atoms with Crippen LogP contribution in [0.15, 0.2) is 29.1 Å². The Hall–Kier alpha value is -2.68. The molecule has 0 radical (unpaired) electrons. The molecule has 0 fully saturated rings. The summed E-state index contributed by atoms with van der Waals surface area (Å²) in [7, 11) is 1.54. The molecular weight excluding hydrogens is 259 g/mol. The van der Waals surface area contributed by atoms with Gasteiger partial charge in [0.2, 0.25) is 5.95 Å². The lowest BCUT2D eigenvalue weighted by molar-refractivity contribution is 0.628. The van der Waals surface area contributed by atoms with E-state index in [1.54, 1.807) is 7.05 Å². The van der Waals surface area contributed by atoms with Crippen LogP contribution in [-0.2, 0) is 7.05 Å². The lowest BCUT2D eigenvalue weighted by Gasteiger charge is -2.11. The fourth-order valence-electron chi connectivity index (χ4n) is 1.84. The van der Waals surface area contributed by atoms with Crippen LogP contribution in [0.25, 0.3) is 11.3 Å². The second kappa shape index (κ2) is 5.53.